The van der Waals surface area contributed by atoms with E-state index in [1.165, 1.54) is 0 Å². The molecular weight excluding hydrogens is 196 g/mol. The molecule has 1 fully saturated rings. The molecule has 1 amide bonds. The first-order valence-electron chi connectivity index (χ1n) is 5.24. The summed E-state index contributed by atoms with van der Waals surface area (Å²) in [6.45, 7) is 3.47. The second-order valence-corrected chi connectivity index (χ2v) is 4.15. The Hall–Kier alpha value is -0.650. The van der Waals surface area contributed by atoms with Crippen molar-refractivity contribution in [3.63, 3.8) is 0 Å². The molecule has 1 saturated heterocycles. The molecule has 0 spiro atoms. The standard InChI is InChI=1S/C10H20N2O3/c1-10(7-14-2,9(11)13)12-6-8-4-3-5-15-8/h8,12H,3-7H2,1-2H3,(H2,11,13). The van der Waals surface area contributed by atoms with Crippen LogP contribution in [0.3, 0.4) is 0 Å². The van der Waals surface area contributed by atoms with E-state index in [2.05, 4.69) is 5.32 Å². The van der Waals surface area contributed by atoms with Crippen molar-refractivity contribution in [1.82, 2.24) is 5.32 Å². The minimum atomic E-state index is -0.805. The molecule has 0 bridgehead atoms. The van der Waals surface area contributed by atoms with Gasteiger partial charge in [-0.2, -0.15) is 0 Å². The number of hydrogen-bond acceptors (Lipinski definition) is 4. The van der Waals surface area contributed by atoms with E-state index in [1.807, 2.05) is 0 Å². The van der Waals surface area contributed by atoms with Crippen LogP contribution < -0.4 is 11.1 Å². The van der Waals surface area contributed by atoms with E-state index in [0.29, 0.717) is 6.54 Å². The number of primary amides is 1. The van der Waals surface area contributed by atoms with Gasteiger partial charge in [-0.3, -0.25) is 10.1 Å². The molecule has 2 unspecified atom stereocenters. The van der Waals surface area contributed by atoms with E-state index in [1.54, 1.807) is 14.0 Å². The van der Waals surface area contributed by atoms with E-state index in [0.717, 1.165) is 19.4 Å². The lowest BCUT2D eigenvalue weighted by Gasteiger charge is -2.27. The fourth-order valence-electron chi connectivity index (χ4n) is 1.64. The molecule has 0 aromatic rings. The summed E-state index contributed by atoms with van der Waals surface area (Å²) in [5.74, 6) is -0.401. The smallest absolute Gasteiger partial charge is 0.239 e. The maximum atomic E-state index is 11.3. The zero-order valence-electron chi connectivity index (χ0n) is 9.41. The lowest BCUT2D eigenvalue weighted by Crippen LogP contribution is -2.57. The monoisotopic (exact) mass is 216 g/mol. The first kappa shape index (κ1) is 12.4. The summed E-state index contributed by atoms with van der Waals surface area (Å²) in [7, 11) is 1.55. The summed E-state index contributed by atoms with van der Waals surface area (Å²) in [6, 6.07) is 0. The van der Waals surface area contributed by atoms with Crippen molar-refractivity contribution in [3.8, 4) is 0 Å². The maximum absolute atomic E-state index is 11.3. The van der Waals surface area contributed by atoms with Crippen molar-refractivity contribution in [2.24, 2.45) is 5.73 Å². The Morgan fingerprint density at radius 3 is 2.93 bits per heavy atom. The number of amides is 1. The van der Waals surface area contributed by atoms with Crippen molar-refractivity contribution >= 4 is 5.91 Å². The zero-order chi connectivity index (χ0) is 11.3. The van der Waals surface area contributed by atoms with E-state index in [-0.39, 0.29) is 12.7 Å². The van der Waals surface area contributed by atoms with Crippen molar-refractivity contribution in [3.05, 3.63) is 0 Å². The van der Waals surface area contributed by atoms with Gasteiger partial charge in [-0.05, 0) is 19.8 Å². The van der Waals surface area contributed by atoms with Crippen LogP contribution >= 0.6 is 0 Å². The highest BCUT2D eigenvalue weighted by Gasteiger charge is 2.31. The number of ether oxygens (including phenoxy) is 2. The van der Waals surface area contributed by atoms with Gasteiger partial charge in [-0.25, -0.2) is 0 Å². The summed E-state index contributed by atoms with van der Waals surface area (Å²) in [4.78, 5) is 11.3. The average molecular weight is 216 g/mol. The first-order chi connectivity index (χ1) is 7.08. The van der Waals surface area contributed by atoms with Crippen LogP contribution in [0.1, 0.15) is 19.8 Å². The molecule has 3 N–H and O–H groups in total. The molecule has 2 atom stereocenters. The summed E-state index contributed by atoms with van der Waals surface area (Å²) < 4.78 is 10.4. The number of rotatable bonds is 6. The molecule has 5 heteroatoms. The molecule has 0 saturated carbocycles. The molecule has 88 valence electrons. The summed E-state index contributed by atoms with van der Waals surface area (Å²) >= 11 is 0. The number of hydrogen-bond donors (Lipinski definition) is 2. The van der Waals surface area contributed by atoms with Gasteiger partial charge >= 0.3 is 0 Å². The molecule has 1 aliphatic heterocycles. The van der Waals surface area contributed by atoms with E-state index < -0.39 is 11.4 Å². The van der Waals surface area contributed by atoms with Crippen LogP contribution in [0.25, 0.3) is 0 Å². The second-order valence-electron chi connectivity index (χ2n) is 4.15. The molecule has 0 radical (unpaired) electrons. The van der Waals surface area contributed by atoms with Gasteiger partial charge in [0, 0.05) is 20.3 Å². The summed E-state index contributed by atoms with van der Waals surface area (Å²) in [5.41, 5.74) is 4.51. The van der Waals surface area contributed by atoms with Crippen LogP contribution in [-0.4, -0.2) is 44.4 Å². The zero-order valence-corrected chi connectivity index (χ0v) is 9.41. The van der Waals surface area contributed by atoms with E-state index >= 15 is 0 Å². The third-order valence-electron chi connectivity index (χ3n) is 2.72. The molecule has 1 heterocycles. The first-order valence-corrected chi connectivity index (χ1v) is 5.24. The molecule has 1 aliphatic rings. The predicted octanol–water partition coefficient (Wildman–Crippen LogP) is -0.355. The van der Waals surface area contributed by atoms with Gasteiger partial charge in [0.15, 0.2) is 0 Å². The fraction of sp³-hybridized carbons (Fsp3) is 0.900. The van der Waals surface area contributed by atoms with Crippen LogP contribution in [0.15, 0.2) is 0 Å². The van der Waals surface area contributed by atoms with Crippen LogP contribution in [0.4, 0.5) is 0 Å². The molecule has 1 rings (SSSR count). The Morgan fingerprint density at radius 1 is 1.73 bits per heavy atom. The topological polar surface area (TPSA) is 73.6 Å². The van der Waals surface area contributed by atoms with E-state index in [4.69, 9.17) is 15.2 Å². The van der Waals surface area contributed by atoms with Crippen LogP contribution in [0.5, 0.6) is 0 Å². The number of nitrogens with two attached hydrogens (primary N) is 1. The van der Waals surface area contributed by atoms with Gasteiger partial charge in [-0.15, -0.1) is 0 Å². The number of methoxy groups -OCH3 is 1. The minimum absolute atomic E-state index is 0.195. The predicted molar refractivity (Wildman–Crippen MR) is 56.5 cm³/mol. The minimum Gasteiger partial charge on any atom is -0.382 e. The van der Waals surface area contributed by atoms with Crippen molar-refractivity contribution in [1.29, 1.82) is 0 Å². The second kappa shape index (κ2) is 5.44. The quantitative estimate of drug-likeness (QED) is 0.636. The lowest BCUT2D eigenvalue weighted by molar-refractivity contribution is -0.126. The maximum Gasteiger partial charge on any atom is 0.239 e. The molecule has 0 aromatic heterocycles. The highest BCUT2D eigenvalue weighted by molar-refractivity contribution is 5.84. The number of carbonyl (C=O) groups excluding carboxylic acids is 1. The van der Waals surface area contributed by atoms with Gasteiger partial charge in [0.1, 0.15) is 5.54 Å². The van der Waals surface area contributed by atoms with Crippen LogP contribution in [0.2, 0.25) is 0 Å². The Balaban J connectivity index is 2.40. The highest BCUT2D eigenvalue weighted by Crippen LogP contribution is 2.12. The molecular formula is C10H20N2O3. The van der Waals surface area contributed by atoms with Gasteiger partial charge in [0.05, 0.1) is 12.7 Å². The van der Waals surface area contributed by atoms with Crippen molar-refractivity contribution in [2.45, 2.75) is 31.4 Å². The number of carbonyl (C=O) groups is 1. The Kier molecular flexibility index (Phi) is 4.50. The van der Waals surface area contributed by atoms with Gasteiger partial charge in [0.25, 0.3) is 0 Å². The SMILES string of the molecule is COCC(C)(NCC1CCCO1)C(N)=O. The van der Waals surface area contributed by atoms with Crippen LogP contribution in [0, 0.1) is 0 Å². The summed E-state index contributed by atoms with van der Waals surface area (Å²) in [6.07, 6.45) is 2.32. The molecule has 5 nitrogen and oxygen atoms in total. The van der Waals surface area contributed by atoms with Gasteiger partial charge in [0.2, 0.25) is 5.91 Å². The largest absolute Gasteiger partial charge is 0.382 e. The van der Waals surface area contributed by atoms with E-state index in [9.17, 15) is 4.79 Å². The van der Waals surface area contributed by atoms with Gasteiger partial charge < -0.3 is 15.2 Å². The third kappa shape index (κ3) is 3.44. The average Bonchev–Trinajstić information content (AvgIpc) is 2.67. The normalized spacial score (nSPS) is 25.1. The fourth-order valence-corrected chi connectivity index (χ4v) is 1.64. The Bertz CT molecular complexity index is 217. The Morgan fingerprint density at radius 2 is 2.47 bits per heavy atom. The number of nitrogens with one attached hydrogen (secondary N) is 1. The lowest BCUT2D eigenvalue weighted by atomic mass is 10.0. The molecule has 0 aromatic carbocycles. The highest BCUT2D eigenvalue weighted by atomic mass is 16.5. The summed E-state index contributed by atoms with van der Waals surface area (Å²) in [5, 5.41) is 3.11. The molecule has 0 aliphatic carbocycles. The van der Waals surface area contributed by atoms with Crippen molar-refractivity contribution in [2.75, 3.05) is 26.9 Å². The van der Waals surface area contributed by atoms with Crippen molar-refractivity contribution < 1.29 is 14.3 Å². The van der Waals surface area contributed by atoms with Crippen LogP contribution in [-0.2, 0) is 14.3 Å². The van der Waals surface area contributed by atoms with Gasteiger partial charge in [-0.1, -0.05) is 0 Å². The third-order valence-corrected chi connectivity index (χ3v) is 2.72. The Labute approximate surface area is 90.3 Å². The molecule has 15 heavy (non-hydrogen) atoms.